The molecule has 0 amide bonds. The van der Waals surface area contributed by atoms with E-state index in [2.05, 4.69) is 36.7 Å². The molecule has 1 aliphatic rings. The molecule has 1 aromatic carbocycles. The molecule has 1 aromatic heterocycles. The number of hydrogen-bond acceptors (Lipinski definition) is 4. The molecule has 0 atom stereocenters. The lowest BCUT2D eigenvalue weighted by molar-refractivity contribution is 0.271. The van der Waals surface area contributed by atoms with E-state index in [4.69, 9.17) is 9.72 Å². The summed E-state index contributed by atoms with van der Waals surface area (Å²) in [5.74, 6) is 1.48. The van der Waals surface area contributed by atoms with Gasteiger partial charge in [0.1, 0.15) is 10.8 Å². The maximum absolute atomic E-state index is 5.71. The summed E-state index contributed by atoms with van der Waals surface area (Å²) in [6.07, 6.45) is 2.63. The predicted octanol–water partition coefficient (Wildman–Crippen LogP) is 4.10. The van der Waals surface area contributed by atoms with Crippen LogP contribution >= 0.6 is 11.3 Å². The SMILES string of the molecule is CC(C)COc1ccc(-c2nc(CNC3CC3)cs2)cc1. The molecule has 1 heterocycles. The van der Waals surface area contributed by atoms with Crippen LogP contribution in [0.5, 0.6) is 5.75 Å². The van der Waals surface area contributed by atoms with Crippen LogP contribution in [0.1, 0.15) is 32.4 Å². The van der Waals surface area contributed by atoms with Crippen molar-refractivity contribution >= 4 is 11.3 Å². The summed E-state index contributed by atoms with van der Waals surface area (Å²) >= 11 is 1.71. The first-order valence-corrected chi connectivity index (χ1v) is 8.49. The van der Waals surface area contributed by atoms with E-state index in [-0.39, 0.29) is 0 Å². The van der Waals surface area contributed by atoms with Gasteiger partial charge in [-0.1, -0.05) is 13.8 Å². The van der Waals surface area contributed by atoms with Gasteiger partial charge in [0.25, 0.3) is 0 Å². The van der Waals surface area contributed by atoms with Crippen molar-refractivity contribution in [2.45, 2.75) is 39.3 Å². The Hall–Kier alpha value is -1.39. The van der Waals surface area contributed by atoms with Crippen LogP contribution < -0.4 is 10.1 Å². The van der Waals surface area contributed by atoms with Gasteiger partial charge in [-0.25, -0.2) is 4.98 Å². The molecular formula is C17H22N2OS. The second kappa shape index (κ2) is 6.58. The highest BCUT2D eigenvalue weighted by atomic mass is 32.1. The molecule has 0 spiro atoms. The van der Waals surface area contributed by atoms with Crippen LogP contribution in [-0.2, 0) is 6.54 Å². The molecule has 0 aliphatic heterocycles. The minimum absolute atomic E-state index is 0.546. The fraction of sp³-hybridized carbons (Fsp3) is 0.471. The molecule has 1 N–H and O–H groups in total. The molecule has 21 heavy (non-hydrogen) atoms. The smallest absolute Gasteiger partial charge is 0.123 e. The van der Waals surface area contributed by atoms with Gasteiger partial charge in [-0.15, -0.1) is 11.3 Å². The van der Waals surface area contributed by atoms with Crippen molar-refractivity contribution in [1.29, 1.82) is 0 Å². The third kappa shape index (κ3) is 4.29. The molecule has 0 bridgehead atoms. The Morgan fingerprint density at radius 3 is 2.71 bits per heavy atom. The molecular weight excluding hydrogens is 280 g/mol. The van der Waals surface area contributed by atoms with Crippen molar-refractivity contribution in [2.24, 2.45) is 5.92 Å². The quantitative estimate of drug-likeness (QED) is 0.836. The second-order valence-electron chi connectivity index (χ2n) is 6.03. The third-order valence-electron chi connectivity index (χ3n) is 3.39. The van der Waals surface area contributed by atoms with Crippen LogP contribution in [0, 0.1) is 5.92 Å². The maximum Gasteiger partial charge on any atom is 0.123 e. The maximum atomic E-state index is 5.71. The van der Waals surface area contributed by atoms with E-state index < -0.39 is 0 Å². The third-order valence-corrected chi connectivity index (χ3v) is 4.33. The predicted molar refractivity (Wildman–Crippen MR) is 87.7 cm³/mol. The summed E-state index contributed by atoms with van der Waals surface area (Å²) in [7, 11) is 0. The Morgan fingerprint density at radius 2 is 2.05 bits per heavy atom. The number of aromatic nitrogens is 1. The van der Waals surface area contributed by atoms with Gasteiger partial charge in [-0.2, -0.15) is 0 Å². The number of rotatable bonds is 7. The van der Waals surface area contributed by atoms with Crippen molar-refractivity contribution in [3.05, 3.63) is 35.3 Å². The van der Waals surface area contributed by atoms with Crippen LogP contribution in [0.2, 0.25) is 0 Å². The van der Waals surface area contributed by atoms with Gasteiger partial charge in [0.2, 0.25) is 0 Å². The first-order chi connectivity index (χ1) is 10.2. The lowest BCUT2D eigenvalue weighted by Gasteiger charge is -2.08. The molecule has 2 aromatic rings. The van der Waals surface area contributed by atoms with Gasteiger partial charge in [-0.05, 0) is 43.0 Å². The van der Waals surface area contributed by atoms with E-state index in [1.165, 1.54) is 12.8 Å². The number of nitrogens with one attached hydrogen (secondary N) is 1. The molecule has 112 valence electrons. The molecule has 3 nitrogen and oxygen atoms in total. The molecule has 0 saturated heterocycles. The molecule has 0 unspecified atom stereocenters. The van der Waals surface area contributed by atoms with Crippen LogP contribution in [0.3, 0.4) is 0 Å². The number of nitrogens with zero attached hydrogens (tertiary/aromatic N) is 1. The van der Waals surface area contributed by atoms with E-state index >= 15 is 0 Å². The number of hydrogen-bond donors (Lipinski definition) is 1. The fourth-order valence-electron chi connectivity index (χ4n) is 2.01. The van der Waals surface area contributed by atoms with Crippen molar-refractivity contribution < 1.29 is 4.74 Å². The minimum atomic E-state index is 0.546. The van der Waals surface area contributed by atoms with Crippen molar-refractivity contribution in [3.8, 4) is 16.3 Å². The van der Waals surface area contributed by atoms with E-state index in [0.717, 1.165) is 41.2 Å². The summed E-state index contributed by atoms with van der Waals surface area (Å²) in [6.45, 7) is 5.95. The highest BCUT2D eigenvalue weighted by Crippen LogP contribution is 2.26. The number of thiazole rings is 1. The standard InChI is InChI=1S/C17H22N2OS/c1-12(2)10-20-16-7-3-13(4-8-16)17-19-15(11-21-17)9-18-14-5-6-14/h3-4,7-8,11-12,14,18H,5-6,9-10H2,1-2H3. The normalized spacial score (nSPS) is 14.6. The lowest BCUT2D eigenvalue weighted by atomic mass is 10.2. The fourth-order valence-corrected chi connectivity index (χ4v) is 2.84. The van der Waals surface area contributed by atoms with Crippen molar-refractivity contribution in [3.63, 3.8) is 0 Å². The topological polar surface area (TPSA) is 34.1 Å². The summed E-state index contributed by atoms with van der Waals surface area (Å²) in [6, 6.07) is 8.97. The van der Waals surface area contributed by atoms with Gasteiger partial charge >= 0.3 is 0 Å². The molecule has 1 aliphatic carbocycles. The van der Waals surface area contributed by atoms with E-state index in [9.17, 15) is 0 Å². The zero-order chi connectivity index (χ0) is 14.7. The largest absolute Gasteiger partial charge is 0.493 e. The highest BCUT2D eigenvalue weighted by molar-refractivity contribution is 7.13. The number of ether oxygens (including phenoxy) is 1. The summed E-state index contributed by atoms with van der Waals surface area (Å²) < 4.78 is 5.71. The Kier molecular flexibility index (Phi) is 4.56. The van der Waals surface area contributed by atoms with Gasteiger partial charge in [0, 0.05) is 23.5 Å². The Morgan fingerprint density at radius 1 is 1.29 bits per heavy atom. The van der Waals surface area contributed by atoms with Crippen LogP contribution in [-0.4, -0.2) is 17.6 Å². The van der Waals surface area contributed by atoms with E-state index in [1.54, 1.807) is 11.3 Å². The molecule has 4 heteroatoms. The summed E-state index contributed by atoms with van der Waals surface area (Å²) in [5, 5.41) is 6.73. The van der Waals surface area contributed by atoms with E-state index in [0.29, 0.717) is 5.92 Å². The van der Waals surface area contributed by atoms with Crippen molar-refractivity contribution in [2.75, 3.05) is 6.61 Å². The first kappa shape index (κ1) is 14.5. The average molecular weight is 302 g/mol. The Labute approximate surface area is 130 Å². The first-order valence-electron chi connectivity index (χ1n) is 7.62. The Balaban J connectivity index is 1.60. The van der Waals surface area contributed by atoms with Gasteiger partial charge in [-0.3, -0.25) is 0 Å². The zero-order valence-electron chi connectivity index (χ0n) is 12.6. The minimum Gasteiger partial charge on any atom is -0.493 e. The lowest BCUT2D eigenvalue weighted by Crippen LogP contribution is -2.15. The molecule has 0 radical (unpaired) electrons. The zero-order valence-corrected chi connectivity index (χ0v) is 13.5. The second-order valence-corrected chi connectivity index (χ2v) is 6.89. The van der Waals surface area contributed by atoms with Crippen LogP contribution in [0.4, 0.5) is 0 Å². The van der Waals surface area contributed by atoms with E-state index in [1.807, 2.05) is 12.1 Å². The molecule has 1 fully saturated rings. The van der Waals surface area contributed by atoms with Crippen molar-refractivity contribution in [1.82, 2.24) is 10.3 Å². The highest BCUT2D eigenvalue weighted by Gasteiger charge is 2.20. The monoisotopic (exact) mass is 302 g/mol. The van der Waals surface area contributed by atoms with Gasteiger partial charge < -0.3 is 10.1 Å². The Bertz CT molecular complexity index is 573. The summed E-state index contributed by atoms with van der Waals surface area (Å²) in [4.78, 5) is 4.70. The van der Waals surface area contributed by atoms with Gasteiger partial charge in [0.15, 0.2) is 0 Å². The molecule has 3 rings (SSSR count). The van der Waals surface area contributed by atoms with Crippen LogP contribution in [0.15, 0.2) is 29.6 Å². The number of benzene rings is 1. The van der Waals surface area contributed by atoms with Crippen LogP contribution in [0.25, 0.3) is 10.6 Å². The average Bonchev–Trinajstić information content (AvgIpc) is 3.20. The molecule has 1 saturated carbocycles. The van der Waals surface area contributed by atoms with Gasteiger partial charge in [0.05, 0.1) is 12.3 Å². The summed E-state index contributed by atoms with van der Waals surface area (Å²) in [5.41, 5.74) is 2.30.